The first-order valence-electron chi connectivity index (χ1n) is 11.4. The summed E-state index contributed by atoms with van der Waals surface area (Å²) < 4.78 is 7.15. The van der Waals surface area contributed by atoms with Crippen LogP contribution < -0.4 is 9.64 Å². The summed E-state index contributed by atoms with van der Waals surface area (Å²) in [6.45, 7) is 9.20. The van der Waals surface area contributed by atoms with E-state index in [1.807, 2.05) is 60.7 Å². The van der Waals surface area contributed by atoms with Gasteiger partial charge in [0.15, 0.2) is 0 Å². The summed E-state index contributed by atoms with van der Waals surface area (Å²) in [7, 11) is 1.67. The number of aromatic nitrogens is 2. The van der Waals surface area contributed by atoms with Crippen molar-refractivity contribution in [1.29, 1.82) is 0 Å². The van der Waals surface area contributed by atoms with Crippen LogP contribution in [0.3, 0.4) is 0 Å². The number of methoxy groups -OCH3 is 1. The highest BCUT2D eigenvalue weighted by atomic mass is 35.5. The zero-order valence-corrected chi connectivity index (χ0v) is 20.5. The lowest BCUT2D eigenvalue weighted by Gasteiger charge is -2.24. The van der Waals surface area contributed by atoms with Crippen molar-refractivity contribution >= 4 is 23.2 Å². The number of carbonyl (C=O) groups excluding carboxylic acids is 1. The first kappa shape index (κ1) is 23.2. The fraction of sp³-hybridized carbons (Fsp3) is 0.385. The number of rotatable bonds is 5. The van der Waals surface area contributed by atoms with E-state index < -0.39 is 0 Å². The van der Waals surface area contributed by atoms with E-state index in [4.69, 9.17) is 21.4 Å². The summed E-state index contributed by atoms with van der Waals surface area (Å²) >= 11 is 6.32. The van der Waals surface area contributed by atoms with Crippen LogP contribution in [0.1, 0.15) is 28.9 Å². The zero-order valence-electron chi connectivity index (χ0n) is 19.8. The number of halogens is 1. The predicted molar refractivity (Wildman–Crippen MR) is 133 cm³/mol. The third kappa shape index (κ3) is 5.01. The molecule has 33 heavy (non-hydrogen) atoms. The third-order valence-corrected chi connectivity index (χ3v) is 6.86. The summed E-state index contributed by atoms with van der Waals surface area (Å²) in [6, 6.07) is 14.0. The summed E-state index contributed by atoms with van der Waals surface area (Å²) in [6.07, 6.45) is 1.30. The molecule has 1 saturated heterocycles. The van der Waals surface area contributed by atoms with Crippen LogP contribution in [0.15, 0.2) is 42.5 Å². The molecule has 0 aliphatic carbocycles. The van der Waals surface area contributed by atoms with Gasteiger partial charge in [0.05, 0.1) is 24.9 Å². The number of hydrogen-bond acceptors (Lipinski definition) is 4. The van der Waals surface area contributed by atoms with Gasteiger partial charge in [0.1, 0.15) is 5.75 Å². The molecule has 4 rings (SSSR count). The maximum Gasteiger partial charge on any atom is 0.227 e. The minimum Gasteiger partial charge on any atom is -0.497 e. The molecule has 0 saturated carbocycles. The monoisotopic (exact) mass is 466 g/mol. The normalized spacial score (nSPS) is 14.3. The van der Waals surface area contributed by atoms with E-state index in [-0.39, 0.29) is 5.91 Å². The number of aryl methyl sites for hydroxylation is 2. The Morgan fingerprint density at radius 1 is 1.00 bits per heavy atom. The molecule has 174 valence electrons. The van der Waals surface area contributed by atoms with Crippen LogP contribution in [0.4, 0.5) is 5.69 Å². The molecule has 3 aromatic rings. The van der Waals surface area contributed by atoms with Gasteiger partial charge in [-0.15, -0.1) is 0 Å². The van der Waals surface area contributed by atoms with E-state index in [1.165, 1.54) is 0 Å². The van der Waals surface area contributed by atoms with Crippen molar-refractivity contribution < 1.29 is 9.53 Å². The second-order valence-electron chi connectivity index (χ2n) is 8.59. The highest BCUT2D eigenvalue weighted by Crippen LogP contribution is 2.24. The molecule has 0 N–H and O–H groups in total. The summed E-state index contributed by atoms with van der Waals surface area (Å²) in [4.78, 5) is 17.6. The Labute approximate surface area is 200 Å². The minimum absolute atomic E-state index is 0.152. The van der Waals surface area contributed by atoms with Crippen molar-refractivity contribution in [1.82, 2.24) is 14.7 Å². The number of anilines is 1. The third-order valence-electron chi connectivity index (χ3n) is 6.46. The molecular formula is C26H31ClN4O2. The van der Waals surface area contributed by atoms with E-state index in [1.54, 1.807) is 7.11 Å². The van der Waals surface area contributed by atoms with E-state index in [2.05, 4.69) is 17.0 Å². The topological polar surface area (TPSA) is 50.6 Å². The first-order chi connectivity index (χ1) is 15.9. The van der Waals surface area contributed by atoms with Crippen LogP contribution in [0.5, 0.6) is 5.75 Å². The second-order valence-corrected chi connectivity index (χ2v) is 9.00. The average Bonchev–Trinajstić information content (AvgIpc) is 2.99. The predicted octanol–water partition coefficient (Wildman–Crippen LogP) is 4.74. The first-order valence-corrected chi connectivity index (χ1v) is 11.7. The maximum absolute atomic E-state index is 13.2. The van der Waals surface area contributed by atoms with Gasteiger partial charge >= 0.3 is 0 Å². The summed E-state index contributed by atoms with van der Waals surface area (Å²) in [5.41, 5.74) is 5.96. The standard InChI is InChI=1S/C26H31ClN4O2/c1-18-6-7-22(16-25(18)27)31-20(3)24(19(2)28-31)17-26(32)30-13-5-12-29(14-15-30)21-8-10-23(33-4)11-9-21/h6-11,16H,5,12-15,17H2,1-4H3. The average molecular weight is 467 g/mol. The molecule has 0 radical (unpaired) electrons. The smallest absolute Gasteiger partial charge is 0.227 e. The van der Waals surface area contributed by atoms with Crippen LogP contribution in [0, 0.1) is 20.8 Å². The molecule has 1 aliphatic rings. The van der Waals surface area contributed by atoms with Gasteiger partial charge in [-0.2, -0.15) is 5.10 Å². The van der Waals surface area contributed by atoms with Crippen LogP contribution >= 0.6 is 11.6 Å². The lowest BCUT2D eigenvalue weighted by molar-refractivity contribution is -0.130. The van der Waals surface area contributed by atoms with Gasteiger partial charge in [-0.3, -0.25) is 4.79 Å². The van der Waals surface area contributed by atoms with Crippen molar-refractivity contribution in [2.75, 3.05) is 38.2 Å². The summed E-state index contributed by atoms with van der Waals surface area (Å²) in [5, 5.41) is 5.41. The molecule has 0 atom stereocenters. The fourth-order valence-corrected chi connectivity index (χ4v) is 4.55. The molecule has 1 aliphatic heterocycles. The number of nitrogens with zero attached hydrogens (tertiary/aromatic N) is 4. The molecule has 1 fully saturated rings. The molecule has 7 heteroatoms. The van der Waals surface area contributed by atoms with E-state index >= 15 is 0 Å². The van der Waals surface area contributed by atoms with Crippen molar-refractivity contribution in [3.05, 3.63) is 70.0 Å². The number of carbonyl (C=O) groups is 1. The van der Waals surface area contributed by atoms with Gasteiger partial charge in [0.25, 0.3) is 0 Å². The van der Waals surface area contributed by atoms with Crippen LogP contribution in [-0.4, -0.2) is 53.9 Å². The van der Waals surface area contributed by atoms with Crippen LogP contribution in [-0.2, 0) is 11.2 Å². The van der Waals surface area contributed by atoms with Gasteiger partial charge in [0, 0.05) is 48.1 Å². The molecule has 1 aromatic heterocycles. The molecule has 0 bridgehead atoms. The van der Waals surface area contributed by atoms with E-state index in [0.717, 1.165) is 65.7 Å². The van der Waals surface area contributed by atoms with E-state index in [9.17, 15) is 4.79 Å². The van der Waals surface area contributed by atoms with Crippen molar-refractivity contribution in [3.63, 3.8) is 0 Å². The quantitative estimate of drug-likeness (QED) is 0.545. The highest BCUT2D eigenvalue weighted by molar-refractivity contribution is 6.31. The van der Waals surface area contributed by atoms with Crippen molar-refractivity contribution in [3.8, 4) is 11.4 Å². The molecule has 0 spiro atoms. The molecule has 2 heterocycles. The second kappa shape index (κ2) is 9.87. The Morgan fingerprint density at radius 3 is 2.42 bits per heavy atom. The van der Waals surface area contributed by atoms with Crippen molar-refractivity contribution in [2.24, 2.45) is 0 Å². The molecule has 6 nitrogen and oxygen atoms in total. The minimum atomic E-state index is 0.152. The fourth-order valence-electron chi connectivity index (χ4n) is 4.38. The molecule has 1 amide bonds. The highest BCUT2D eigenvalue weighted by Gasteiger charge is 2.23. The van der Waals surface area contributed by atoms with Gasteiger partial charge in [0.2, 0.25) is 5.91 Å². The van der Waals surface area contributed by atoms with Gasteiger partial charge in [-0.25, -0.2) is 4.68 Å². The Kier molecular flexibility index (Phi) is 6.94. The maximum atomic E-state index is 13.2. The lowest BCUT2D eigenvalue weighted by atomic mass is 10.1. The Hall–Kier alpha value is -2.99. The number of benzene rings is 2. The number of amides is 1. The number of hydrogen-bond donors (Lipinski definition) is 0. The Morgan fingerprint density at radius 2 is 1.73 bits per heavy atom. The SMILES string of the molecule is COc1ccc(N2CCCN(C(=O)Cc3c(C)nn(-c4ccc(C)c(Cl)c4)c3C)CC2)cc1. The molecular weight excluding hydrogens is 436 g/mol. The molecule has 0 unspecified atom stereocenters. The number of ether oxygens (including phenoxy) is 1. The van der Waals surface area contributed by atoms with Crippen LogP contribution in [0.25, 0.3) is 5.69 Å². The summed E-state index contributed by atoms with van der Waals surface area (Å²) in [5.74, 6) is 1.00. The largest absolute Gasteiger partial charge is 0.497 e. The van der Waals surface area contributed by atoms with Gasteiger partial charge in [-0.05, 0) is 69.2 Å². The van der Waals surface area contributed by atoms with Gasteiger partial charge in [-0.1, -0.05) is 17.7 Å². The van der Waals surface area contributed by atoms with Gasteiger partial charge < -0.3 is 14.5 Å². The lowest BCUT2D eigenvalue weighted by Crippen LogP contribution is -2.36. The molecule has 2 aromatic carbocycles. The van der Waals surface area contributed by atoms with Crippen LogP contribution in [0.2, 0.25) is 5.02 Å². The zero-order chi connectivity index (χ0) is 23.5. The Bertz CT molecular complexity index is 1140. The van der Waals surface area contributed by atoms with Crippen molar-refractivity contribution in [2.45, 2.75) is 33.6 Å². The Balaban J connectivity index is 1.45. The van der Waals surface area contributed by atoms with E-state index in [0.29, 0.717) is 18.0 Å².